The van der Waals surface area contributed by atoms with Gasteiger partial charge in [0.15, 0.2) is 0 Å². The van der Waals surface area contributed by atoms with Crippen molar-refractivity contribution in [1.82, 2.24) is 4.72 Å². The predicted molar refractivity (Wildman–Crippen MR) is 73.9 cm³/mol. The summed E-state index contributed by atoms with van der Waals surface area (Å²) in [6, 6.07) is 12.1. The first-order chi connectivity index (χ1) is 9.42. The van der Waals surface area contributed by atoms with Crippen molar-refractivity contribution in [2.24, 2.45) is 0 Å². The fraction of sp³-hybridized carbons (Fsp3) is 0.0714. The first kappa shape index (κ1) is 14.1. The Labute approximate surface area is 116 Å². The van der Waals surface area contributed by atoms with Crippen molar-refractivity contribution in [3.05, 3.63) is 59.7 Å². The largest absolute Gasteiger partial charge is 0.507 e. The van der Waals surface area contributed by atoms with E-state index >= 15 is 0 Å². The normalized spacial score (nSPS) is 11.1. The third-order valence-corrected chi connectivity index (χ3v) is 4.25. The molecule has 2 N–H and O–H groups in total. The molecule has 2 aromatic carbocycles. The number of hydrogen-bond acceptors (Lipinski definition) is 4. The summed E-state index contributed by atoms with van der Waals surface area (Å²) >= 11 is 0. The first-order valence-corrected chi connectivity index (χ1v) is 7.31. The number of amides is 1. The van der Waals surface area contributed by atoms with Crippen LogP contribution in [0.2, 0.25) is 0 Å². The topological polar surface area (TPSA) is 83.5 Å². The summed E-state index contributed by atoms with van der Waals surface area (Å²) in [6.07, 6.45) is 0. The average Bonchev–Trinajstić information content (AvgIpc) is 2.38. The molecule has 6 heteroatoms. The molecule has 0 heterocycles. The summed E-state index contributed by atoms with van der Waals surface area (Å²) < 4.78 is 26.2. The number of phenols is 1. The fourth-order valence-electron chi connectivity index (χ4n) is 1.76. The number of aryl methyl sites for hydroxylation is 1. The average molecular weight is 291 g/mol. The third kappa shape index (κ3) is 2.80. The van der Waals surface area contributed by atoms with E-state index in [4.69, 9.17) is 0 Å². The number of carbonyl (C=O) groups is 1. The maximum atomic E-state index is 12.1. The molecule has 0 aliphatic rings. The molecule has 2 aromatic rings. The smallest absolute Gasteiger partial charge is 0.268 e. The van der Waals surface area contributed by atoms with E-state index in [1.54, 1.807) is 31.2 Å². The van der Waals surface area contributed by atoms with Crippen molar-refractivity contribution in [2.75, 3.05) is 0 Å². The monoisotopic (exact) mass is 291 g/mol. The predicted octanol–water partition coefficient (Wildman–Crippen LogP) is 1.82. The summed E-state index contributed by atoms with van der Waals surface area (Å²) in [5, 5.41) is 9.55. The minimum absolute atomic E-state index is 0.0313. The number of sulfonamides is 1. The Morgan fingerprint density at radius 1 is 1.05 bits per heavy atom. The van der Waals surface area contributed by atoms with Crippen LogP contribution < -0.4 is 4.72 Å². The van der Waals surface area contributed by atoms with Gasteiger partial charge in [0.05, 0.1) is 10.5 Å². The molecule has 0 aliphatic carbocycles. The van der Waals surface area contributed by atoms with Crippen LogP contribution in [0.1, 0.15) is 15.9 Å². The first-order valence-electron chi connectivity index (χ1n) is 5.82. The molecule has 2 rings (SSSR count). The van der Waals surface area contributed by atoms with E-state index in [9.17, 15) is 18.3 Å². The van der Waals surface area contributed by atoms with E-state index in [1.165, 1.54) is 24.3 Å². The van der Waals surface area contributed by atoms with Crippen LogP contribution in [0.15, 0.2) is 53.4 Å². The van der Waals surface area contributed by atoms with Crippen LogP contribution in [0.4, 0.5) is 0 Å². The van der Waals surface area contributed by atoms with Crippen LogP contribution in [0.25, 0.3) is 0 Å². The number of aromatic hydroxyl groups is 1. The molecular weight excluding hydrogens is 278 g/mol. The van der Waals surface area contributed by atoms with Gasteiger partial charge >= 0.3 is 0 Å². The number of para-hydroxylation sites is 1. The van der Waals surface area contributed by atoms with E-state index in [1.807, 2.05) is 4.72 Å². The van der Waals surface area contributed by atoms with Crippen LogP contribution in [0.5, 0.6) is 5.75 Å². The maximum Gasteiger partial charge on any atom is 0.268 e. The van der Waals surface area contributed by atoms with Crippen molar-refractivity contribution >= 4 is 15.9 Å². The number of hydrogen-bond donors (Lipinski definition) is 2. The maximum absolute atomic E-state index is 12.1. The Morgan fingerprint density at radius 2 is 1.65 bits per heavy atom. The van der Waals surface area contributed by atoms with Gasteiger partial charge in [0.1, 0.15) is 5.75 Å². The number of benzene rings is 2. The standard InChI is InChI=1S/C14H13NO4S/c1-10-6-2-5-9-13(10)20(18,19)15-14(17)11-7-3-4-8-12(11)16/h2-9,16H,1H3,(H,15,17). The van der Waals surface area contributed by atoms with Gasteiger partial charge in [-0.15, -0.1) is 0 Å². The van der Waals surface area contributed by atoms with E-state index in [2.05, 4.69) is 0 Å². The summed E-state index contributed by atoms with van der Waals surface area (Å²) in [4.78, 5) is 11.9. The van der Waals surface area contributed by atoms with Crippen molar-refractivity contribution in [3.63, 3.8) is 0 Å². The SMILES string of the molecule is Cc1ccccc1S(=O)(=O)NC(=O)c1ccccc1O. The molecule has 0 atom stereocenters. The molecule has 0 spiro atoms. The lowest BCUT2D eigenvalue weighted by Gasteiger charge is -2.09. The molecule has 0 saturated heterocycles. The van der Waals surface area contributed by atoms with Crippen LogP contribution in [-0.4, -0.2) is 19.4 Å². The van der Waals surface area contributed by atoms with Gasteiger partial charge < -0.3 is 5.11 Å². The van der Waals surface area contributed by atoms with Gasteiger partial charge in [0.2, 0.25) is 0 Å². The number of carbonyl (C=O) groups excluding carboxylic acids is 1. The van der Waals surface area contributed by atoms with Crippen molar-refractivity contribution in [3.8, 4) is 5.75 Å². The molecule has 0 radical (unpaired) electrons. The lowest BCUT2D eigenvalue weighted by Crippen LogP contribution is -2.31. The lowest BCUT2D eigenvalue weighted by molar-refractivity contribution is 0.0979. The molecule has 0 fully saturated rings. The molecule has 0 aromatic heterocycles. The van der Waals surface area contributed by atoms with E-state index < -0.39 is 15.9 Å². The zero-order valence-corrected chi connectivity index (χ0v) is 11.5. The van der Waals surface area contributed by atoms with Gasteiger partial charge in [-0.3, -0.25) is 4.79 Å². The van der Waals surface area contributed by atoms with Crippen molar-refractivity contribution < 1.29 is 18.3 Å². The van der Waals surface area contributed by atoms with Crippen molar-refractivity contribution in [2.45, 2.75) is 11.8 Å². The Bertz CT molecular complexity index is 753. The molecule has 0 aliphatic heterocycles. The second-order valence-electron chi connectivity index (χ2n) is 4.22. The van der Waals surface area contributed by atoms with Crippen LogP contribution in [-0.2, 0) is 10.0 Å². The van der Waals surface area contributed by atoms with Crippen LogP contribution in [0, 0.1) is 6.92 Å². The quantitative estimate of drug-likeness (QED) is 0.903. The summed E-state index contributed by atoms with van der Waals surface area (Å²) in [7, 11) is -3.97. The molecule has 0 bridgehead atoms. The summed E-state index contributed by atoms with van der Waals surface area (Å²) in [5.41, 5.74) is 0.440. The molecular formula is C14H13NO4S. The Hall–Kier alpha value is -2.34. The molecule has 0 saturated carbocycles. The minimum atomic E-state index is -3.97. The third-order valence-electron chi connectivity index (χ3n) is 2.76. The minimum Gasteiger partial charge on any atom is -0.507 e. The molecule has 0 unspecified atom stereocenters. The highest BCUT2D eigenvalue weighted by Crippen LogP contribution is 2.18. The van der Waals surface area contributed by atoms with E-state index in [0.29, 0.717) is 5.56 Å². The Balaban J connectivity index is 2.33. The zero-order chi connectivity index (χ0) is 14.8. The Morgan fingerprint density at radius 3 is 2.30 bits per heavy atom. The number of phenolic OH excluding ortho intramolecular Hbond substituents is 1. The van der Waals surface area contributed by atoms with Gasteiger partial charge in [-0.05, 0) is 30.7 Å². The van der Waals surface area contributed by atoms with Crippen molar-refractivity contribution in [1.29, 1.82) is 0 Å². The molecule has 5 nitrogen and oxygen atoms in total. The molecule has 1 amide bonds. The van der Waals surface area contributed by atoms with Gasteiger partial charge in [-0.2, -0.15) is 0 Å². The highest BCUT2D eigenvalue weighted by molar-refractivity contribution is 7.90. The number of rotatable bonds is 3. The summed E-state index contributed by atoms with van der Waals surface area (Å²) in [6.45, 7) is 1.64. The van der Waals surface area contributed by atoms with Crippen LogP contribution >= 0.6 is 0 Å². The van der Waals surface area contributed by atoms with Gasteiger partial charge in [-0.1, -0.05) is 30.3 Å². The van der Waals surface area contributed by atoms with Gasteiger partial charge in [0.25, 0.3) is 15.9 Å². The lowest BCUT2D eigenvalue weighted by atomic mass is 10.2. The Kier molecular flexibility index (Phi) is 3.76. The van der Waals surface area contributed by atoms with E-state index in [-0.39, 0.29) is 16.2 Å². The highest BCUT2D eigenvalue weighted by atomic mass is 32.2. The van der Waals surface area contributed by atoms with Gasteiger partial charge in [-0.25, -0.2) is 13.1 Å². The number of nitrogens with one attached hydrogen (secondary N) is 1. The zero-order valence-electron chi connectivity index (χ0n) is 10.7. The fourth-order valence-corrected chi connectivity index (χ4v) is 2.97. The molecule has 104 valence electrons. The second-order valence-corrected chi connectivity index (χ2v) is 5.87. The van der Waals surface area contributed by atoms with E-state index in [0.717, 1.165) is 0 Å². The highest BCUT2D eigenvalue weighted by Gasteiger charge is 2.21. The second kappa shape index (κ2) is 5.34. The van der Waals surface area contributed by atoms with Crippen LogP contribution in [0.3, 0.4) is 0 Å². The summed E-state index contributed by atoms with van der Waals surface area (Å²) in [5.74, 6) is -1.14. The van der Waals surface area contributed by atoms with Gasteiger partial charge in [0, 0.05) is 0 Å². The molecule has 20 heavy (non-hydrogen) atoms.